The topological polar surface area (TPSA) is 71.8 Å². The quantitative estimate of drug-likeness (QED) is 0.881. The van der Waals surface area contributed by atoms with Crippen LogP contribution in [-0.2, 0) is 11.3 Å². The molecule has 0 aliphatic carbocycles. The molecule has 2 rings (SSSR count). The summed E-state index contributed by atoms with van der Waals surface area (Å²) in [7, 11) is 3.29. The van der Waals surface area contributed by atoms with Crippen LogP contribution in [0.25, 0.3) is 0 Å². The summed E-state index contributed by atoms with van der Waals surface area (Å²) in [4.78, 5) is 25.2. The van der Waals surface area contributed by atoms with E-state index >= 15 is 0 Å². The molecule has 1 aromatic carbocycles. The van der Waals surface area contributed by atoms with Crippen LogP contribution in [0.4, 0.5) is 0 Å². The van der Waals surface area contributed by atoms with E-state index in [0.717, 1.165) is 0 Å². The zero-order valence-electron chi connectivity index (χ0n) is 12.5. The molecule has 0 atom stereocenters. The van der Waals surface area contributed by atoms with Gasteiger partial charge in [-0.25, -0.2) is 0 Å². The maximum Gasteiger partial charge on any atom is 0.259 e. The molecule has 0 fully saturated rings. The Labute approximate surface area is 128 Å². The highest BCUT2D eigenvalue weighted by Gasteiger charge is 2.14. The van der Waals surface area contributed by atoms with Gasteiger partial charge in [0.25, 0.3) is 11.8 Å². The molecule has 6 heteroatoms. The minimum Gasteiger partial charge on any atom is -0.483 e. The van der Waals surface area contributed by atoms with E-state index in [2.05, 4.69) is 5.32 Å². The maximum absolute atomic E-state index is 12.2. The van der Waals surface area contributed by atoms with Crippen molar-refractivity contribution in [2.24, 2.45) is 0 Å². The van der Waals surface area contributed by atoms with Gasteiger partial charge in [-0.2, -0.15) is 0 Å². The maximum atomic E-state index is 12.2. The van der Waals surface area contributed by atoms with Crippen molar-refractivity contribution in [1.29, 1.82) is 0 Å². The van der Waals surface area contributed by atoms with Gasteiger partial charge in [0.2, 0.25) is 0 Å². The number of ether oxygens (including phenoxy) is 1. The summed E-state index contributed by atoms with van der Waals surface area (Å²) >= 11 is 0. The molecular formula is C16H18N2O4. The van der Waals surface area contributed by atoms with Gasteiger partial charge in [0.1, 0.15) is 11.5 Å². The van der Waals surface area contributed by atoms with Crippen LogP contribution in [0.15, 0.2) is 47.1 Å². The molecule has 6 nitrogen and oxygen atoms in total. The van der Waals surface area contributed by atoms with Crippen molar-refractivity contribution >= 4 is 11.8 Å². The number of furan rings is 1. The molecule has 1 N–H and O–H groups in total. The first kappa shape index (κ1) is 15.6. The second kappa shape index (κ2) is 7.31. The van der Waals surface area contributed by atoms with E-state index in [1.807, 2.05) is 0 Å². The van der Waals surface area contributed by atoms with Crippen LogP contribution in [0.5, 0.6) is 5.75 Å². The third-order valence-electron chi connectivity index (χ3n) is 2.98. The van der Waals surface area contributed by atoms with Gasteiger partial charge in [-0.15, -0.1) is 0 Å². The second-order valence-electron chi connectivity index (χ2n) is 4.84. The number of hydrogen-bond donors (Lipinski definition) is 1. The standard InChI is InChI=1S/C16H18N2O4/c1-18(2)15(19)11-22-14-8-4-3-7-13(14)16(20)17-10-12-6-5-9-21-12/h3-9H,10-11H2,1-2H3,(H,17,20). The van der Waals surface area contributed by atoms with Gasteiger partial charge in [0, 0.05) is 14.1 Å². The number of likely N-dealkylation sites (N-methyl/N-ethyl adjacent to an activating group) is 1. The highest BCUT2D eigenvalue weighted by Crippen LogP contribution is 2.18. The average Bonchev–Trinajstić information content (AvgIpc) is 3.03. The van der Waals surface area contributed by atoms with Gasteiger partial charge in [-0.1, -0.05) is 12.1 Å². The van der Waals surface area contributed by atoms with Crippen molar-refractivity contribution in [1.82, 2.24) is 10.2 Å². The molecule has 0 bridgehead atoms. The van der Waals surface area contributed by atoms with E-state index in [4.69, 9.17) is 9.15 Å². The molecule has 0 spiro atoms. The smallest absolute Gasteiger partial charge is 0.259 e. The first-order chi connectivity index (χ1) is 10.6. The Bertz CT molecular complexity index is 635. The van der Waals surface area contributed by atoms with Crippen molar-refractivity contribution in [2.45, 2.75) is 6.54 Å². The van der Waals surface area contributed by atoms with Gasteiger partial charge in [0.15, 0.2) is 6.61 Å². The van der Waals surface area contributed by atoms with Gasteiger partial charge >= 0.3 is 0 Å². The molecule has 0 saturated heterocycles. The van der Waals surface area contributed by atoms with E-state index in [-0.39, 0.29) is 25.0 Å². The number of benzene rings is 1. The Balaban J connectivity index is 2.00. The largest absolute Gasteiger partial charge is 0.483 e. The van der Waals surface area contributed by atoms with E-state index in [1.54, 1.807) is 56.8 Å². The third kappa shape index (κ3) is 4.12. The number of nitrogens with one attached hydrogen (secondary N) is 1. The second-order valence-corrected chi connectivity index (χ2v) is 4.84. The van der Waals surface area contributed by atoms with E-state index < -0.39 is 0 Å². The first-order valence-corrected chi connectivity index (χ1v) is 6.80. The fourth-order valence-corrected chi connectivity index (χ4v) is 1.72. The molecule has 2 amide bonds. The molecule has 0 aliphatic rings. The van der Waals surface area contributed by atoms with Crippen LogP contribution in [0.1, 0.15) is 16.1 Å². The summed E-state index contributed by atoms with van der Waals surface area (Å²) in [5, 5.41) is 2.74. The van der Waals surface area contributed by atoms with E-state index in [1.165, 1.54) is 4.90 Å². The Morgan fingerprint density at radius 1 is 1.18 bits per heavy atom. The van der Waals surface area contributed by atoms with Gasteiger partial charge in [-0.05, 0) is 24.3 Å². The third-order valence-corrected chi connectivity index (χ3v) is 2.98. The van der Waals surface area contributed by atoms with Gasteiger partial charge in [-0.3, -0.25) is 9.59 Å². The van der Waals surface area contributed by atoms with Crippen molar-refractivity contribution in [3.8, 4) is 5.75 Å². The Hall–Kier alpha value is -2.76. The molecule has 1 heterocycles. The fourth-order valence-electron chi connectivity index (χ4n) is 1.72. The van der Waals surface area contributed by atoms with Crippen molar-refractivity contribution in [2.75, 3.05) is 20.7 Å². The number of rotatable bonds is 6. The monoisotopic (exact) mass is 302 g/mol. The predicted octanol–water partition coefficient (Wildman–Crippen LogP) is 1.68. The van der Waals surface area contributed by atoms with Crippen molar-refractivity contribution < 1.29 is 18.7 Å². The zero-order valence-corrected chi connectivity index (χ0v) is 12.5. The normalized spacial score (nSPS) is 10.1. The molecule has 116 valence electrons. The van der Waals surface area contributed by atoms with E-state index in [0.29, 0.717) is 17.1 Å². The molecule has 0 radical (unpaired) electrons. The lowest BCUT2D eigenvalue weighted by Gasteiger charge is -2.13. The molecule has 0 saturated carbocycles. The van der Waals surface area contributed by atoms with Crippen molar-refractivity contribution in [3.63, 3.8) is 0 Å². The Morgan fingerprint density at radius 2 is 1.95 bits per heavy atom. The summed E-state index contributed by atoms with van der Waals surface area (Å²) in [6, 6.07) is 10.3. The number of para-hydroxylation sites is 1. The van der Waals surface area contributed by atoms with Crippen LogP contribution >= 0.6 is 0 Å². The molecule has 2 aromatic rings. The minimum atomic E-state index is -0.288. The Kier molecular flexibility index (Phi) is 5.19. The average molecular weight is 302 g/mol. The molecule has 0 aliphatic heterocycles. The molecule has 0 unspecified atom stereocenters. The van der Waals surface area contributed by atoms with Crippen LogP contribution in [-0.4, -0.2) is 37.4 Å². The number of carbonyl (C=O) groups excluding carboxylic acids is 2. The van der Waals surface area contributed by atoms with E-state index in [9.17, 15) is 9.59 Å². The summed E-state index contributed by atoms with van der Waals surface area (Å²) in [5.74, 6) is 0.569. The molecule has 1 aromatic heterocycles. The zero-order chi connectivity index (χ0) is 15.9. The molecule has 22 heavy (non-hydrogen) atoms. The van der Waals surface area contributed by atoms with Gasteiger partial charge in [0.05, 0.1) is 18.4 Å². The lowest BCUT2D eigenvalue weighted by molar-refractivity contribution is -0.130. The van der Waals surface area contributed by atoms with Crippen molar-refractivity contribution in [3.05, 3.63) is 54.0 Å². The number of carbonyl (C=O) groups is 2. The minimum absolute atomic E-state index is 0.116. The summed E-state index contributed by atoms with van der Waals surface area (Å²) in [6.45, 7) is 0.173. The lowest BCUT2D eigenvalue weighted by Crippen LogP contribution is -2.28. The molecular weight excluding hydrogens is 284 g/mol. The van der Waals surface area contributed by atoms with Crippen LogP contribution in [0, 0.1) is 0 Å². The predicted molar refractivity (Wildman–Crippen MR) is 80.5 cm³/mol. The summed E-state index contributed by atoms with van der Waals surface area (Å²) in [6.07, 6.45) is 1.55. The fraction of sp³-hybridized carbons (Fsp3) is 0.250. The van der Waals surface area contributed by atoms with Crippen LogP contribution in [0.2, 0.25) is 0 Å². The Morgan fingerprint density at radius 3 is 2.64 bits per heavy atom. The number of hydrogen-bond acceptors (Lipinski definition) is 4. The summed E-state index contributed by atoms with van der Waals surface area (Å²) in [5.41, 5.74) is 0.376. The first-order valence-electron chi connectivity index (χ1n) is 6.80. The van der Waals surface area contributed by atoms with Crippen LogP contribution < -0.4 is 10.1 Å². The number of amides is 2. The highest BCUT2D eigenvalue weighted by atomic mass is 16.5. The van der Waals surface area contributed by atoms with Gasteiger partial charge < -0.3 is 19.4 Å². The lowest BCUT2D eigenvalue weighted by atomic mass is 10.2. The SMILES string of the molecule is CN(C)C(=O)COc1ccccc1C(=O)NCc1ccco1. The number of nitrogens with zero attached hydrogens (tertiary/aromatic N) is 1. The van der Waals surface area contributed by atoms with Crippen LogP contribution in [0.3, 0.4) is 0 Å². The highest BCUT2D eigenvalue weighted by molar-refractivity contribution is 5.96. The summed E-state index contributed by atoms with van der Waals surface area (Å²) < 4.78 is 10.6.